The normalized spacial score (nSPS) is 31.7. The van der Waals surface area contributed by atoms with Crippen LogP contribution in [0, 0.1) is 0 Å². The minimum absolute atomic E-state index is 0.283. The van der Waals surface area contributed by atoms with E-state index >= 15 is 0 Å². The Bertz CT molecular complexity index is 184. The second-order valence-corrected chi connectivity index (χ2v) is 4.99. The lowest BCUT2D eigenvalue weighted by atomic mass is 9.97. The summed E-state index contributed by atoms with van der Waals surface area (Å²) in [5, 5.41) is 13.5. The molecule has 0 bridgehead atoms. The van der Waals surface area contributed by atoms with Gasteiger partial charge in [-0.15, -0.1) is 0 Å². The fourth-order valence-electron chi connectivity index (χ4n) is 2.02. The number of ether oxygens (including phenoxy) is 1. The minimum Gasteiger partial charge on any atom is -0.389 e. The van der Waals surface area contributed by atoms with E-state index in [2.05, 4.69) is 5.32 Å². The summed E-state index contributed by atoms with van der Waals surface area (Å²) in [7, 11) is 0. The van der Waals surface area contributed by atoms with Crippen molar-refractivity contribution in [2.45, 2.75) is 56.8 Å². The van der Waals surface area contributed by atoms with Gasteiger partial charge in [0.2, 0.25) is 0 Å². The smallest absolute Gasteiger partial charge is 0.0768 e. The van der Waals surface area contributed by atoms with E-state index in [0.717, 1.165) is 25.9 Å². The third-order valence-electron chi connectivity index (χ3n) is 3.04. The lowest BCUT2D eigenvalue weighted by Crippen LogP contribution is -2.41. The summed E-state index contributed by atoms with van der Waals surface area (Å²) in [4.78, 5) is 0. The van der Waals surface area contributed by atoms with Gasteiger partial charge in [0.1, 0.15) is 0 Å². The molecule has 1 saturated heterocycles. The Morgan fingerprint density at radius 1 is 1.43 bits per heavy atom. The van der Waals surface area contributed by atoms with E-state index in [1.165, 1.54) is 12.8 Å². The molecule has 0 aromatic heterocycles. The molecule has 0 aromatic rings. The second-order valence-electron chi connectivity index (χ2n) is 4.99. The van der Waals surface area contributed by atoms with Gasteiger partial charge in [0.25, 0.3) is 0 Å². The summed E-state index contributed by atoms with van der Waals surface area (Å²) >= 11 is 0. The molecule has 3 heteroatoms. The summed E-state index contributed by atoms with van der Waals surface area (Å²) in [5.74, 6) is 0. The fraction of sp³-hybridized carbons (Fsp3) is 1.00. The molecular weight excluding hydrogens is 178 g/mol. The predicted octanol–water partition coefficient (Wildman–Crippen LogP) is 1.06. The number of rotatable bonds is 5. The van der Waals surface area contributed by atoms with E-state index in [-0.39, 0.29) is 6.10 Å². The van der Waals surface area contributed by atoms with Gasteiger partial charge < -0.3 is 15.2 Å². The average molecular weight is 199 g/mol. The first-order chi connectivity index (χ1) is 6.66. The predicted molar refractivity (Wildman–Crippen MR) is 55.2 cm³/mol. The third-order valence-corrected chi connectivity index (χ3v) is 3.04. The molecule has 14 heavy (non-hydrogen) atoms. The van der Waals surface area contributed by atoms with Crippen LogP contribution in [0.15, 0.2) is 0 Å². The van der Waals surface area contributed by atoms with Crippen LogP contribution in [0.25, 0.3) is 0 Å². The molecule has 1 aliphatic heterocycles. The van der Waals surface area contributed by atoms with Gasteiger partial charge in [-0.25, -0.2) is 0 Å². The Hall–Kier alpha value is -0.120. The summed E-state index contributed by atoms with van der Waals surface area (Å²) in [6, 6.07) is 0.672. The first-order valence-corrected chi connectivity index (χ1v) is 5.73. The van der Waals surface area contributed by atoms with Gasteiger partial charge in [0.05, 0.1) is 11.7 Å². The highest BCUT2D eigenvalue weighted by Crippen LogP contribution is 2.24. The number of aliphatic hydroxyl groups is 1. The lowest BCUT2D eigenvalue weighted by Gasteiger charge is -2.26. The molecule has 0 amide bonds. The Kier molecular flexibility index (Phi) is 3.10. The first kappa shape index (κ1) is 10.4. The summed E-state index contributed by atoms with van der Waals surface area (Å²) < 4.78 is 5.52. The molecule has 2 rings (SSSR count). The maximum absolute atomic E-state index is 10.1. The van der Waals surface area contributed by atoms with E-state index in [1.54, 1.807) is 0 Å². The van der Waals surface area contributed by atoms with Crippen molar-refractivity contribution in [3.8, 4) is 0 Å². The van der Waals surface area contributed by atoms with Crippen molar-refractivity contribution in [2.24, 2.45) is 0 Å². The molecule has 1 heterocycles. The largest absolute Gasteiger partial charge is 0.389 e. The van der Waals surface area contributed by atoms with E-state index in [0.29, 0.717) is 12.6 Å². The maximum atomic E-state index is 10.1. The highest BCUT2D eigenvalue weighted by Gasteiger charge is 2.30. The van der Waals surface area contributed by atoms with Gasteiger partial charge in [-0.1, -0.05) is 0 Å². The van der Waals surface area contributed by atoms with Gasteiger partial charge >= 0.3 is 0 Å². The van der Waals surface area contributed by atoms with Crippen molar-refractivity contribution in [1.29, 1.82) is 0 Å². The van der Waals surface area contributed by atoms with Gasteiger partial charge in [-0.2, -0.15) is 0 Å². The molecule has 0 radical (unpaired) electrons. The van der Waals surface area contributed by atoms with Crippen LogP contribution in [-0.4, -0.2) is 36.0 Å². The maximum Gasteiger partial charge on any atom is 0.0768 e. The van der Waals surface area contributed by atoms with Crippen molar-refractivity contribution < 1.29 is 9.84 Å². The molecule has 1 saturated carbocycles. The molecule has 0 spiro atoms. The standard InChI is InChI=1S/C11H21NO2/c1-11(13,8-12-9-4-5-9)7-10-3-2-6-14-10/h9-10,12-13H,2-8H2,1H3. The van der Waals surface area contributed by atoms with Gasteiger partial charge in [0.15, 0.2) is 0 Å². The zero-order valence-corrected chi connectivity index (χ0v) is 8.96. The van der Waals surface area contributed by atoms with E-state index < -0.39 is 5.60 Å². The topological polar surface area (TPSA) is 41.5 Å². The van der Waals surface area contributed by atoms with Crippen molar-refractivity contribution in [3.05, 3.63) is 0 Å². The number of hydrogen-bond acceptors (Lipinski definition) is 3. The summed E-state index contributed by atoms with van der Waals surface area (Å²) in [6.07, 6.45) is 5.86. The Morgan fingerprint density at radius 3 is 2.79 bits per heavy atom. The number of nitrogens with one attached hydrogen (secondary N) is 1. The van der Waals surface area contributed by atoms with Gasteiger partial charge in [-0.05, 0) is 32.6 Å². The Morgan fingerprint density at radius 2 is 2.21 bits per heavy atom. The highest BCUT2D eigenvalue weighted by atomic mass is 16.5. The molecule has 2 unspecified atom stereocenters. The molecule has 0 aromatic carbocycles. The zero-order valence-electron chi connectivity index (χ0n) is 8.96. The van der Waals surface area contributed by atoms with E-state index in [1.807, 2.05) is 6.92 Å². The van der Waals surface area contributed by atoms with Crippen molar-refractivity contribution in [3.63, 3.8) is 0 Å². The second kappa shape index (κ2) is 4.17. The Labute approximate surface area is 85.8 Å². The minimum atomic E-state index is -0.600. The SMILES string of the molecule is CC(O)(CNC1CC1)CC1CCCO1. The lowest BCUT2D eigenvalue weighted by molar-refractivity contribution is -0.00610. The van der Waals surface area contributed by atoms with Crippen molar-refractivity contribution in [1.82, 2.24) is 5.32 Å². The van der Waals surface area contributed by atoms with E-state index in [9.17, 15) is 5.11 Å². The van der Waals surface area contributed by atoms with Crippen LogP contribution in [0.3, 0.4) is 0 Å². The van der Waals surface area contributed by atoms with Crippen LogP contribution in [0.2, 0.25) is 0 Å². The molecule has 2 fully saturated rings. The van der Waals surface area contributed by atoms with Crippen LogP contribution in [0.5, 0.6) is 0 Å². The summed E-state index contributed by atoms with van der Waals surface area (Å²) in [5.41, 5.74) is -0.600. The van der Waals surface area contributed by atoms with Crippen LogP contribution in [-0.2, 0) is 4.74 Å². The quantitative estimate of drug-likeness (QED) is 0.695. The molecule has 2 atom stereocenters. The van der Waals surface area contributed by atoms with Crippen LogP contribution in [0.4, 0.5) is 0 Å². The molecule has 2 aliphatic rings. The molecular formula is C11H21NO2. The fourth-order valence-corrected chi connectivity index (χ4v) is 2.02. The molecule has 1 aliphatic carbocycles. The van der Waals surface area contributed by atoms with Crippen molar-refractivity contribution >= 4 is 0 Å². The molecule has 3 nitrogen and oxygen atoms in total. The monoisotopic (exact) mass is 199 g/mol. The number of hydrogen-bond donors (Lipinski definition) is 2. The van der Waals surface area contributed by atoms with E-state index in [4.69, 9.17) is 4.74 Å². The van der Waals surface area contributed by atoms with Gasteiger partial charge in [0, 0.05) is 25.6 Å². The van der Waals surface area contributed by atoms with Crippen molar-refractivity contribution in [2.75, 3.05) is 13.2 Å². The van der Waals surface area contributed by atoms with Crippen LogP contribution in [0.1, 0.15) is 39.0 Å². The molecule has 2 N–H and O–H groups in total. The molecule has 82 valence electrons. The highest BCUT2D eigenvalue weighted by molar-refractivity contribution is 4.87. The third kappa shape index (κ3) is 3.23. The average Bonchev–Trinajstić information content (AvgIpc) is 2.82. The first-order valence-electron chi connectivity index (χ1n) is 5.73. The Balaban J connectivity index is 1.69. The van der Waals surface area contributed by atoms with Gasteiger partial charge in [-0.3, -0.25) is 0 Å². The summed E-state index contributed by atoms with van der Waals surface area (Å²) in [6.45, 7) is 3.48. The zero-order chi connectivity index (χ0) is 10.0. The van der Waals surface area contributed by atoms with Crippen LogP contribution < -0.4 is 5.32 Å². The van der Waals surface area contributed by atoms with Crippen LogP contribution >= 0.6 is 0 Å².